The first-order valence-electron chi connectivity index (χ1n) is 2.00. The van der Waals surface area contributed by atoms with E-state index in [4.69, 9.17) is 0 Å². The van der Waals surface area contributed by atoms with Gasteiger partial charge in [0, 0.05) is 0 Å². The SMILES string of the molecule is FC#Cc1[c]occ1. The van der Waals surface area contributed by atoms with Gasteiger partial charge in [-0.25, -0.2) is 0 Å². The van der Waals surface area contributed by atoms with Crippen molar-refractivity contribution in [2.45, 2.75) is 0 Å². The van der Waals surface area contributed by atoms with Crippen molar-refractivity contribution in [3.05, 3.63) is 24.2 Å². The third kappa shape index (κ3) is 0.881. The number of halogens is 1. The molecule has 0 aliphatic heterocycles. The van der Waals surface area contributed by atoms with Crippen LogP contribution in [-0.2, 0) is 0 Å². The van der Waals surface area contributed by atoms with Gasteiger partial charge in [-0.3, -0.25) is 0 Å². The molecule has 0 aliphatic carbocycles. The van der Waals surface area contributed by atoms with E-state index in [1.54, 1.807) is 0 Å². The highest BCUT2D eigenvalue weighted by atomic mass is 19.1. The van der Waals surface area contributed by atoms with Gasteiger partial charge in [0.15, 0.2) is 6.26 Å². The summed E-state index contributed by atoms with van der Waals surface area (Å²) in [6.07, 6.45) is 4.97. The molecule has 1 aromatic rings. The largest absolute Gasteiger partial charge is 0.460 e. The van der Waals surface area contributed by atoms with Crippen molar-refractivity contribution in [3.8, 4) is 12.1 Å². The molecule has 0 bridgehead atoms. The van der Waals surface area contributed by atoms with Crippen LogP contribution in [0.2, 0.25) is 0 Å². The van der Waals surface area contributed by atoms with E-state index >= 15 is 0 Å². The fourth-order valence-corrected chi connectivity index (χ4v) is 0.352. The number of hydrogen-bond acceptors (Lipinski definition) is 1. The second-order valence-corrected chi connectivity index (χ2v) is 1.16. The van der Waals surface area contributed by atoms with E-state index < -0.39 is 0 Å². The lowest BCUT2D eigenvalue weighted by atomic mass is 10.4. The molecule has 0 aromatic carbocycles. The lowest BCUT2D eigenvalue weighted by Crippen LogP contribution is -1.58. The van der Waals surface area contributed by atoms with Crippen LogP contribution in [0.1, 0.15) is 5.56 Å². The second-order valence-electron chi connectivity index (χ2n) is 1.16. The highest BCUT2D eigenvalue weighted by molar-refractivity contribution is 5.27. The summed E-state index contributed by atoms with van der Waals surface area (Å²) in [5, 5.41) is 0. The van der Waals surface area contributed by atoms with Crippen molar-refractivity contribution in [3.63, 3.8) is 0 Å². The van der Waals surface area contributed by atoms with Gasteiger partial charge in [-0.1, -0.05) is 0 Å². The average Bonchev–Trinajstić information content (AvgIpc) is 2.19. The molecule has 1 radical (unpaired) electrons. The lowest BCUT2D eigenvalue weighted by Gasteiger charge is -1.64. The van der Waals surface area contributed by atoms with Crippen LogP contribution in [0, 0.1) is 18.4 Å². The molecular formula is C6H2FO. The Labute approximate surface area is 46.1 Å². The van der Waals surface area contributed by atoms with Gasteiger partial charge in [0.1, 0.15) is 6.17 Å². The van der Waals surface area contributed by atoms with Gasteiger partial charge in [0.05, 0.1) is 11.8 Å². The molecule has 1 heterocycles. The molecule has 1 nitrogen and oxygen atoms in total. The Bertz CT molecular complexity index is 202. The van der Waals surface area contributed by atoms with Gasteiger partial charge in [-0.05, 0) is 12.0 Å². The molecule has 1 aromatic heterocycles. The molecule has 0 saturated heterocycles. The molecule has 39 valence electrons. The molecule has 0 unspecified atom stereocenters. The maximum absolute atomic E-state index is 11.1. The fraction of sp³-hybridized carbons (Fsp3) is 0. The summed E-state index contributed by atoms with van der Waals surface area (Å²) < 4.78 is 15.6. The van der Waals surface area contributed by atoms with Crippen molar-refractivity contribution < 1.29 is 8.81 Å². The van der Waals surface area contributed by atoms with E-state index in [0.29, 0.717) is 5.56 Å². The second kappa shape index (κ2) is 2.17. The molecule has 0 fully saturated rings. The smallest absolute Gasteiger partial charge is 0.186 e. The molecule has 8 heavy (non-hydrogen) atoms. The van der Waals surface area contributed by atoms with E-state index in [1.165, 1.54) is 18.5 Å². The van der Waals surface area contributed by atoms with Crippen LogP contribution in [0.25, 0.3) is 0 Å². The van der Waals surface area contributed by atoms with Crippen molar-refractivity contribution >= 4 is 0 Å². The van der Waals surface area contributed by atoms with Gasteiger partial charge in [0.25, 0.3) is 0 Å². The third-order valence-electron chi connectivity index (χ3n) is 0.654. The van der Waals surface area contributed by atoms with Crippen molar-refractivity contribution in [2.75, 3.05) is 0 Å². The Morgan fingerprint density at radius 1 is 1.75 bits per heavy atom. The third-order valence-corrected chi connectivity index (χ3v) is 0.654. The Kier molecular flexibility index (Phi) is 1.34. The topological polar surface area (TPSA) is 13.1 Å². The predicted octanol–water partition coefficient (Wildman–Crippen LogP) is 1.36. The van der Waals surface area contributed by atoms with Crippen molar-refractivity contribution in [1.29, 1.82) is 0 Å². The highest BCUT2D eigenvalue weighted by Crippen LogP contribution is 1.94. The van der Waals surface area contributed by atoms with Crippen LogP contribution in [0.3, 0.4) is 0 Å². The molecule has 0 spiro atoms. The summed E-state index contributed by atoms with van der Waals surface area (Å²) in [4.78, 5) is 0. The van der Waals surface area contributed by atoms with E-state index in [2.05, 4.69) is 16.6 Å². The fourth-order valence-electron chi connectivity index (χ4n) is 0.352. The maximum atomic E-state index is 11.1. The zero-order valence-electron chi connectivity index (χ0n) is 3.94. The summed E-state index contributed by atoms with van der Waals surface area (Å²) in [6, 6.07) is 1.53. The molecule has 0 amide bonds. The maximum Gasteiger partial charge on any atom is 0.186 e. The lowest BCUT2D eigenvalue weighted by molar-refractivity contribution is 0.557. The molecule has 2 heteroatoms. The van der Waals surface area contributed by atoms with Crippen LogP contribution in [-0.4, -0.2) is 0 Å². The Morgan fingerprint density at radius 2 is 2.62 bits per heavy atom. The molecule has 0 atom stereocenters. The average molecular weight is 109 g/mol. The summed E-state index contributed by atoms with van der Waals surface area (Å²) in [7, 11) is 0. The minimum Gasteiger partial charge on any atom is -0.460 e. The van der Waals surface area contributed by atoms with E-state index in [-0.39, 0.29) is 0 Å². The minimum absolute atomic E-state index is 0.438. The summed E-state index contributed by atoms with van der Waals surface area (Å²) in [5.41, 5.74) is 0.438. The van der Waals surface area contributed by atoms with Crippen LogP contribution >= 0.6 is 0 Å². The van der Waals surface area contributed by atoms with Gasteiger partial charge in [-0.15, -0.1) is 4.39 Å². The minimum atomic E-state index is 0.438. The monoisotopic (exact) mass is 109 g/mol. The van der Waals surface area contributed by atoms with Crippen molar-refractivity contribution in [2.24, 2.45) is 0 Å². The van der Waals surface area contributed by atoms with Gasteiger partial charge < -0.3 is 4.42 Å². The van der Waals surface area contributed by atoms with Crippen molar-refractivity contribution in [1.82, 2.24) is 0 Å². The van der Waals surface area contributed by atoms with Gasteiger partial charge in [-0.2, -0.15) is 0 Å². The molecule has 0 N–H and O–H groups in total. The predicted molar refractivity (Wildman–Crippen MR) is 25.5 cm³/mol. The molecule has 0 saturated carbocycles. The van der Waals surface area contributed by atoms with E-state index in [0.717, 1.165) is 0 Å². The van der Waals surface area contributed by atoms with E-state index in [1.807, 2.05) is 0 Å². The highest BCUT2D eigenvalue weighted by Gasteiger charge is 1.84. The van der Waals surface area contributed by atoms with Crippen LogP contribution in [0.4, 0.5) is 4.39 Å². The molecular weight excluding hydrogens is 107 g/mol. The normalized spacial score (nSPS) is 7.62. The van der Waals surface area contributed by atoms with Crippen LogP contribution in [0.5, 0.6) is 0 Å². The zero-order chi connectivity index (χ0) is 5.82. The first kappa shape index (κ1) is 4.92. The quantitative estimate of drug-likeness (QED) is 0.458. The standard InChI is InChI=1S/C6H2FO/c7-3-1-6-2-4-8-5-6/h2,4H. The van der Waals surface area contributed by atoms with E-state index in [9.17, 15) is 4.39 Å². The van der Waals surface area contributed by atoms with Crippen LogP contribution < -0.4 is 0 Å². The Hall–Kier alpha value is -1.23. The summed E-state index contributed by atoms with van der Waals surface area (Å²) in [5.74, 6) is 2.12. The Morgan fingerprint density at radius 3 is 3.12 bits per heavy atom. The first-order valence-corrected chi connectivity index (χ1v) is 2.00. The summed E-state index contributed by atoms with van der Waals surface area (Å²) in [6.45, 7) is 0. The number of hydrogen-bond donors (Lipinski definition) is 0. The van der Waals surface area contributed by atoms with Gasteiger partial charge >= 0.3 is 0 Å². The van der Waals surface area contributed by atoms with Gasteiger partial charge in [0.2, 0.25) is 0 Å². The Balaban J connectivity index is 2.88. The first-order chi connectivity index (χ1) is 3.93. The summed E-state index contributed by atoms with van der Waals surface area (Å²) >= 11 is 0. The number of furan rings is 1. The number of rotatable bonds is 0. The molecule has 0 aliphatic rings. The zero-order valence-corrected chi connectivity index (χ0v) is 3.94. The molecule has 1 rings (SSSR count). The van der Waals surface area contributed by atoms with Crippen LogP contribution in [0.15, 0.2) is 16.7 Å².